The van der Waals surface area contributed by atoms with Crippen LogP contribution < -0.4 is 10.1 Å². The highest BCUT2D eigenvalue weighted by Gasteiger charge is 2.23. The standard InChI is InChI=1S/C17H24N2O3/c1-3-14-5-4-6-16(11-14)22-12-17(21)19-9-7-15(8-10-19)18-13(2)20/h4-6,11,15H,3,7-10,12H2,1-2H3,(H,18,20). The van der Waals surface area contributed by atoms with Gasteiger partial charge in [0.05, 0.1) is 0 Å². The minimum absolute atomic E-state index is 0.00294. The number of amides is 2. The summed E-state index contributed by atoms with van der Waals surface area (Å²) in [7, 11) is 0. The van der Waals surface area contributed by atoms with E-state index < -0.39 is 0 Å². The molecule has 5 nitrogen and oxygen atoms in total. The Morgan fingerprint density at radius 2 is 2.05 bits per heavy atom. The summed E-state index contributed by atoms with van der Waals surface area (Å²) in [6.07, 6.45) is 2.55. The second-order valence-electron chi connectivity index (χ2n) is 5.65. The molecule has 0 unspecified atom stereocenters. The molecular weight excluding hydrogens is 280 g/mol. The van der Waals surface area contributed by atoms with Gasteiger partial charge in [-0.3, -0.25) is 9.59 Å². The minimum Gasteiger partial charge on any atom is -0.484 e. The van der Waals surface area contributed by atoms with Crippen LogP contribution >= 0.6 is 0 Å². The first-order valence-electron chi connectivity index (χ1n) is 7.85. The molecule has 1 heterocycles. The van der Waals surface area contributed by atoms with Crippen molar-refractivity contribution in [2.75, 3.05) is 19.7 Å². The van der Waals surface area contributed by atoms with Crippen LogP contribution in [0.2, 0.25) is 0 Å². The van der Waals surface area contributed by atoms with Crippen molar-refractivity contribution in [2.45, 2.75) is 39.2 Å². The lowest BCUT2D eigenvalue weighted by molar-refractivity contribution is -0.134. The first kappa shape index (κ1) is 16.3. The fraction of sp³-hybridized carbons (Fsp3) is 0.529. The van der Waals surface area contributed by atoms with E-state index in [9.17, 15) is 9.59 Å². The van der Waals surface area contributed by atoms with E-state index in [4.69, 9.17) is 4.74 Å². The van der Waals surface area contributed by atoms with Gasteiger partial charge in [0, 0.05) is 26.1 Å². The van der Waals surface area contributed by atoms with E-state index in [0.29, 0.717) is 13.1 Å². The first-order valence-corrected chi connectivity index (χ1v) is 7.85. The number of benzene rings is 1. The van der Waals surface area contributed by atoms with E-state index in [1.807, 2.05) is 29.2 Å². The topological polar surface area (TPSA) is 58.6 Å². The van der Waals surface area contributed by atoms with Gasteiger partial charge in [0.25, 0.3) is 5.91 Å². The normalized spacial score (nSPS) is 15.5. The Hall–Kier alpha value is -2.04. The summed E-state index contributed by atoms with van der Waals surface area (Å²) in [5, 5.41) is 2.90. The molecule has 1 fully saturated rings. The van der Waals surface area contributed by atoms with Crippen LogP contribution in [0.4, 0.5) is 0 Å². The van der Waals surface area contributed by atoms with Crippen molar-refractivity contribution in [3.8, 4) is 5.75 Å². The van der Waals surface area contributed by atoms with Crippen LogP contribution in [0.3, 0.4) is 0 Å². The zero-order valence-corrected chi connectivity index (χ0v) is 13.3. The Kier molecular flexibility index (Phi) is 5.81. The molecule has 0 spiro atoms. The van der Waals surface area contributed by atoms with Crippen molar-refractivity contribution in [3.63, 3.8) is 0 Å². The van der Waals surface area contributed by atoms with Crippen LogP contribution in [-0.4, -0.2) is 42.5 Å². The fourth-order valence-electron chi connectivity index (χ4n) is 2.65. The average molecular weight is 304 g/mol. The predicted octanol–water partition coefficient (Wildman–Crippen LogP) is 1.75. The van der Waals surface area contributed by atoms with Crippen LogP contribution in [0.5, 0.6) is 5.75 Å². The second kappa shape index (κ2) is 7.82. The molecule has 2 amide bonds. The Morgan fingerprint density at radius 1 is 1.32 bits per heavy atom. The van der Waals surface area contributed by atoms with Gasteiger partial charge in [-0.05, 0) is 37.0 Å². The predicted molar refractivity (Wildman–Crippen MR) is 84.7 cm³/mol. The third-order valence-corrected chi connectivity index (χ3v) is 3.92. The lowest BCUT2D eigenvalue weighted by atomic mass is 10.1. The number of carbonyl (C=O) groups excluding carboxylic acids is 2. The maximum absolute atomic E-state index is 12.2. The summed E-state index contributed by atoms with van der Waals surface area (Å²) in [6, 6.07) is 8.01. The van der Waals surface area contributed by atoms with Gasteiger partial charge in [0.15, 0.2) is 6.61 Å². The molecule has 1 saturated heterocycles. The van der Waals surface area contributed by atoms with Crippen molar-refractivity contribution < 1.29 is 14.3 Å². The van der Waals surface area contributed by atoms with Crippen molar-refractivity contribution >= 4 is 11.8 Å². The van der Waals surface area contributed by atoms with E-state index in [0.717, 1.165) is 25.0 Å². The second-order valence-corrected chi connectivity index (χ2v) is 5.65. The van der Waals surface area contributed by atoms with Crippen molar-refractivity contribution in [2.24, 2.45) is 0 Å². The van der Waals surface area contributed by atoms with Gasteiger partial charge in [-0.1, -0.05) is 19.1 Å². The molecule has 0 saturated carbocycles. The van der Waals surface area contributed by atoms with Crippen LogP contribution in [0.1, 0.15) is 32.3 Å². The van der Waals surface area contributed by atoms with Gasteiger partial charge in [-0.25, -0.2) is 0 Å². The van der Waals surface area contributed by atoms with Gasteiger partial charge in [-0.2, -0.15) is 0 Å². The molecule has 0 radical (unpaired) electrons. The zero-order valence-electron chi connectivity index (χ0n) is 13.3. The number of hydrogen-bond acceptors (Lipinski definition) is 3. The molecule has 1 aromatic carbocycles. The molecule has 0 aliphatic carbocycles. The molecule has 5 heteroatoms. The average Bonchev–Trinajstić information content (AvgIpc) is 2.53. The number of nitrogens with zero attached hydrogens (tertiary/aromatic N) is 1. The smallest absolute Gasteiger partial charge is 0.260 e. The summed E-state index contributed by atoms with van der Waals surface area (Å²) >= 11 is 0. The molecule has 1 aliphatic rings. The number of carbonyl (C=O) groups is 2. The van der Waals surface area contributed by atoms with Gasteiger partial charge >= 0.3 is 0 Å². The van der Waals surface area contributed by atoms with Crippen molar-refractivity contribution in [1.29, 1.82) is 0 Å². The molecule has 0 bridgehead atoms. The number of likely N-dealkylation sites (tertiary alicyclic amines) is 1. The Balaban J connectivity index is 1.77. The maximum Gasteiger partial charge on any atom is 0.260 e. The number of rotatable bonds is 5. The van der Waals surface area contributed by atoms with Gasteiger partial charge < -0.3 is 15.0 Å². The highest BCUT2D eigenvalue weighted by Crippen LogP contribution is 2.15. The molecule has 1 N–H and O–H groups in total. The van der Waals surface area contributed by atoms with Crippen LogP contribution in [0, 0.1) is 0 Å². The summed E-state index contributed by atoms with van der Waals surface area (Å²) in [4.78, 5) is 25.0. The van der Waals surface area contributed by atoms with E-state index in [2.05, 4.69) is 12.2 Å². The van der Waals surface area contributed by atoms with E-state index in [-0.39, 0.29) is 24.5 Å². The minimum atomic E-state index is -0.0103. The van der Waals surface area contributed by atoms with Crippen LogP contribution in [0.15, 0.2) is 24.3 Å². The number of piperidine rings is 1. The Labute approximate surface area is 131 Å². The Bertz CT molecular complexity index is 522. The molecule has 1 aromatic rings. The summed E-state index contributed by atoms with van der Waals surface area (Å²) in [6.45, 7) is 5.02. The number of nitrogens with one attached hydrogen (secondary N) is 1. The summed E-state index contributed by atoms with van der Waals surface area (Å²) in [5.74, 6) is 0.730. The lowest BCUT2D eigenvalue weighted by Crippen LogP contribution is -2.47. The summed E-state index contributed by atoms with van der Waals surface area (Å²) < 4.78 is 5.59. The van der Waals surface area contributed by atoms with Crippen molar-refractivity contribution in [3.05, 3.63) is 29.8 Å². The summed E-state index contributed by atoms with van der Waals surface area (Å²) in [5.41, 5.74) is 1.20. The third kappa shape index (κ3) is 4.76. The fourth-order valence-corrected chi connectivity index (χ4v) is 2.65. The number of hydrogen-bond donors (Lipinski definition) is 1. The monoisotopic (exact) mass is 304 g/mol. The van der Waals surface area contributed by atoms with E-state index in [1.54, 1.807) is 0 Å². The highest BCUT2D eigenvalue weighted by molar-refractivity contribution is 5.78. The molecule has 0 aromatic heterocycles. The van der Waals surface area contributed by atoms with Crippen LogP contribution in [0.25, 0.3) is 0 Å². The quantitative estimate of drug-likeness (QED) is 0.901. The molecule has 120 valence electrons. The van der Waals surface area contributed by atoms with Gasteiger partial charge in [-0.15, -0.1) is 0 Å². The maximum atomic E-state index is 12.2. The SMILES string of the molecule is CCc1cccc(OCC(=O)N2CCC(NC(C)=O)CC2)c1. The molecule has 0 atom stereocenters. The molecule has 22 heavy (non-hydrogen) atoms. The zero-order chi connectivity index (χ0) is 15.9. The number of ether oxygens (including phenoxy) is 1. The highest BCUT2D eigenvalue weighted by atomic mass is 16.5. The first-order chi connectivity index (χ1) is 10.6. The van der Waals surface area contributed by atoms with E-state index in [1.165, 1.54) is 12.5 Å². The third-order valence-electron chi connectivity index (χ3n) is 3.92. The molecular formula is C17H24N2O3. The largest absolute Gasteiger partial charge is 0.484 e. The van der Waals surface area contributed by atoms with Gasteiger partial charge in [0.2, 0.25) is 5.91 Å². The lowest BCUT2D eigenvalue weighted by Gasteiger charge is -2.32. The molecule has 2 rings (SSSR count). The molecule has 1 aliphatic heterocycles. The Morgan fingerprint density at radius 3 is 2.68 bits per heavy atom. The van der Waals surface area contributed by atoms with E-state index >= 15 is 0 Å². The number of aryl methyl sites for hydroxylation is 1. The van der Waals surface area contributed by atoms with Crippen LogP contribution in [-0.2, 0) is 16.0 Å². The van der Waals surface area contributed by atoms with Gasteiger partial charge in [0.1, 0.15) is 5.75 Å². The van der Waals surface area contributed by atoms with Crippen molar-refractivity contribution in [1.82, 2.24) is 10.2 Å².